The van der Waals surface area contributed by atoms with Gasteiger partial charge in [0.2, 0.25) is 0 Å². The quantitative estimate of drug-likeness (QED) is 0.894. The second-order valence-corrected chi connectivity index (χ2v) is 7.50. The SMILES string of the molecule is Cc1nc(NC2CCC(N)CC2)c2c3c(sc2n1)CCC3. The van der Waals surface area contributed by atoms with Gasteiger partial charge in [-0.3, -0.25) is 0 Å². The van der Waals surface area contributed by atoms with Gasteiger partial charge >= 0.3 is 0 Å². The smallest absolute Gasteiger partial charge is 0.139 e. The fourth-order valence-corrected chi connectivity index (χ4v) is 4.97. The Morgan fingerprint density at radius 1 is 1.14 bits per heavy atom. The van der Waals surface area contributed by atoms with Crippen LogP contribution in [0.25, 0.3) is 10.2 Å². The predicted molar refractivity (Wildman–Crippen MR) is 88.0 cm³/mol. The maximum Gasteiger partial charge on any atom is 0.139 e. The first-order chi connectivity index (χ1) is 10.2. The molecule has 0 atom stereocenters. The number of nitrogens with zero attached hydrogens (tertiary/aromatic N) is 2. The maximum absolute atomic E-state index is 6.01. The lowest BCUT2D eigenvalue weighted by Gasteiger charge is -2.27. The molecule has 0 radical (unpaired) electrons. The first-order valence-corrected chi connectivity index (χ1v) is 8.83. The fourth-order valence-electron chi connectivity index (χ4n) is 3.66. The lowest BCUT2D eigenvalue weighted by atomic mass is 9.92. The van der Waals surface area contributed by atoms with Crippen LogP contribution in [-0.4, -0.2) is 22.1 Å². The highest BCUT2D eigenvalue weighted by Gasteiger charge is 2.24. The first kappa shape index (κ1) is 13.5. The van der Waals surface area contributed by atoms with Crippen molar-refractivity contribution in [2.24, 2.45) is 5.73 Å². The van der Waals surface area contributed by atoms with E-state index in [1.54, 1.807) is 0 Å². The van der Waals surface area contributed by atoms with Crippen LogP contribution in [0.3, 0.4) is 0 Å². The van der Waals surface area contributed by atoms with Crippen LogP contribution in [0.5, 0.6) is 0 Å². The topological polar surface area (TPSA) is 63.8 Å². The summed E-state index contributed by atoms with van der Waals surface area (Å²) in [5.41, 5.74) is 7.52. The lowest BCUT2D eigenvalue weighted by Crippen LogP contribution is -2.33. The van der Waals surface area contributed by atoms with Crippen LogP contribution in [0.15, 0.2) is 0 Å². The lowest BCUT2D eigenvalue weighted by molar-refractivity contribution is 0.410. The summed E-state index contributed by atoms with van der Waals surface area (Å²) in [6.45, 7) is 1.99. The number of nitrogens with one attached hydrogen (secondary N) is 1. The number of nitrogens with two attached hydrogens (primary N) is 1. The Hall–Kier alpha value is -1.20. The van der Waals surface area contributed by atoms with Gasteiger partial charge in [-0.2, -0.15) is 0 Å². The number of fused-ring (bicyclic) bond motifs is 3. The molecule has 4 nitrogen and oxygen atoms in total. The molecule has 3 N–H and O–H groups in total. The Kier molecular flexibility index (Phi) is 3.34. The molecule has 1 fully saturated rings. The molecule has 4 rings (SSSR count). The van der Waals surface area contributed by atoms with Gasteiger partial charge in [0.15, 0.2) is 0 Å². The summed E-state index contributed by atoms with van der Waals surface area (Å²) >= 11 is 1.87. The van der Waals surface area contributed by atoms with Crippen LogP contribution >= 0.6 is 11.3 Å². The van der Waals surface area contributed by atoms with E-state index in [0.717, 1.165) is 37.3 Å². The Bertz CT molecular complexity index is 670. The molecule has 0 saturated heterocycles. The Morgan fingerprint density at radius 2 is 1.95 bits per heavy atom. The maximum atomic E-state index is 6.01. The van der Waals surface area contributed by atoms with Crippen molar-refractivity contribution in [2.45, 2.75) is 64.0 Å². The standard InChI is InChI=1S/C16H22N4S/c1-9-18-15(20-11-7-5-10(17)6-8-11)14-12-3-2-4-13(12)21-16(14)19-9/h10-11H,2-8,17H2,1H3,(H,18,19,20). The third kappa shape index (κ3) is 2.42. The van der Waals surface area contributed by atoms with E-state index < -0.39 is 0 Å². The van der Waals surface area contributed by atoms with E-state index in [-0.39, 0.29) is 0 Å². The summed E-state index contributed by atoms with van der Waals surface area (Å²) in [5.74, 6) is 1.94. The zero-order chi connectivity index (χ0) is 14.4. The molecular weight excluding hydrogens is 280 g/mol. The summed E-state index contributed by atoms with van der Waals surface area (Å²) in [6.07, 6.45) is 8.22. The Labute approximate surface area is 129 Å². The van der Waals surface area contributed by atoms with Gasteiger partial charge in [0.1, 0.15) is 16.5 Å². The van der Waals surface area contributed by atoms with E-state index in [4.69, 9.17) is 10.7 Å². The van der Waals surface area contributed by atoms with Crippen molar-refractivity contribution >= 4 is 27.4 Å². The Balaban J connectivity index is 1.70. The molecule has 0 aromatic carbocycles. The van der Waals surface area contributed by atoms with Crippen LogP contribution in [0.4, 0.5) is 5.82 Å². The molecule has 0 bridgehead atoms. The molecule has 2 aliphatic carbocycles. The average molecular weight is 302 g/mol. The normalized spacial score (nSPS) is 25.2. The number of aromatic nitrogens is 2. The van der Waals surface area contributed by atoms with Gasteiger partial charge in [-0.05, 0) is 57.4 Å². The summed E-state index contributed by atoms with van der Waals surface area (Å²) < 4.78 is 0. The van der Waals surface area contributed by atoms with E-state index in [9.17, 15) is 0 Å². The highest BCUT2D eigenvalue weighted by molar-refractivity contribution is 7.19. The number of aryl methyl sites for hydroxylation is 3. The second-order valence-electron chi connectivity index (χ2n) is 6.41. The van der Waals surface area contributed by atoms with Gasteiger partial charge in [-0.15, -0.1) is 11.3 Å². The van der Waals surface area contributed by atoms with E-state index in [2.05, 4.69) is 10.3 Å². The van der Waals surface area contributed by atoms with Crippen LogP contribution < -0.4 is 11.1 Å². The molecule has 2 heterocycles. The molecule has 0 unspecified atom stereocenters. The molecule has 0 amide bonds. The summed E-state index contributed by atoms with van der Waals surface area (Å²) in [5, 5.41) is 5.00. The van der Waals surface area contributed by atoms with E-state index in [1.807, 2.05) is 18.3 Å². The number of thiophene rings is 1. The number of anilines is 1. The van der Waals surface area contributed by atoms with Crippen LogP contribution in [0.1, 0.15) is 48.4 Å². The van der Waals surface area contributed by atoms with Crippen molar-refractivity contribution in [3.05, 3.63) is 16.3 Å². The highest BCUT2D eigenvalue weighted by atomic mass is 32.1. The first-order valence-electron chi connectivity index (χ1n) is 8.01. The molecule has 0 spiro atoms. The van der Waals surface area contributed by atoms with E-state index in [1.165, 1.54) is 39.9 Å². The largest absolute Gasteiger partial charge is 0.367 e. The second kappa shape index (κ2) is 5.21. The highest BCUT2D eigenvalue weighted by Crippen LogP contribution is 2.40. The zero-order valence-corrected chi connectivity index (χ0v) is 13.3. The molecular formula is C16H22N4S. The van der Waals surface area contributed by atoms with Crippen LogP contribution in [0.2, 0.25) is 0 Å². The molecule has 2 aromatic heterocycles. The van der Waals surface area contributed by atoms with Crippen molar-refractivity contribution in [1.82, 2.24) is 9.97 Å². The summed E-state index contributed by atoms with van der Waals surface area (Å²) in [6, 6.07) is 0.903. The minimum atomic E-state index is 0.389. The molecule has 5 heteroatoms. The monoisotopic (exact) mass is 302 g/mol. The van der Waals surface area contributed by atoms with Gasteiger partial charge in [-0.1, -0.05) is 0 Å². The third-order valence-corrected chi connectivity index (χ3v) is 5.97. The van der Waals surface area contributed by atoms with Gasteiger partial charge in [-0.25, -0.2) is 9.97 Å². The van der Waals surface area contributed by atoms with Crippen molar-refractivity contribution in [3.63, 3.8) is 0 Å². The third-order valence-electron chi connectivity index (χ3n) is 4.79. The molecule has 2 aromatic rings. The van der Waals surface area contributed by atoms with Gasteiger partial charge in [0.05, 0.1) is 5.39 Å². The van der Waals surface area contributed by atoms with E-state index >= 15 is 0 Å². The number of hydrogen-bond donors (Lipinski definition) is 2. The van der Waals surface area contributed by atoms with Crippen LogP contribution in [-0.2, 0) is 12.8 Å². The molecule has 21 heavy (non-hydrogen) atoms. The van der Waals surface area contributed by atoms with Gasteiger partial charge < -0.3 is 11.1 Å². The zero-order valence-electron chi connectivity index (χ0n) is 12.5. The molecule has 112 valence electrons. The molecule has 2 aliphatic rings. The number of hydrogen-bond acceptors (Lipinski definition) is 5. The molecule has 0 aliphatic heterocycles. The summed E-state index contributed by atoms with van der Waals surface area (Å²) in [4.78, 5) is 12.1. The van der Waals surface area contributed by atoms with Crippen molar-refractivity contribution in [2.75, 3.05) is 5.32 Å². The van der Waals surface area contributed by atoms with Gasteiger partial charge in [0.25, 0.3) is 0 Å². The van der Waals surface area contributed by atoms with E-state index in [0.29, 0.717) is 12.1 Å². The summed E-state index contributed by atoms with van der Waals surface area (Å²) in [7, 11) is 0. The van der Waals surface area contributed by atoms with Crippen molar-refractivity contribution in [3.8, 4) is 0 Å². The van der Waals surface area contributed by atoms with Crippen molar-refractivity contribution < 1.29 is 0 Å². The minimum absolute atomic E-state index is 0.389. The molecule has 1 saturated carbocycles. The fraction of sp³-hybridized carbons (Fsp3) is 0.625. The van der Waals surface area contributed by atoms with Crippen LogP contribution in [0, 0.1) is 6.92 Å². The van der Waals surface area contributed by atoms with Gasteiger partial charge in [0, 0.05) is 17.0 Å². The van der Waals surface area contributed by atoms with Crippen molar-refractivity contribution in [1.29, 1.82) is 0 Å². The predicted octanol–water partition coefficient (Wildman–Crippen LogP) is 3.17. The number of rotatable bonds is 2. The Morgan fingerprint density at radius 3 is 2.76 bits per heavy atom. The average Bonchev–Trinajstić information content (AvgIpc) is 3.01. The minimum Gasteiger partial charge on any atom is -0.367 e.